The van der Waals surface area contributed by atoms with Crippen LogP contribution in [-0.4, -0.2) is 59.9 Å². The number of piperazine rings is 1. The molecule has 0 atom stereocenters. The Labute approximate surface area is 143 Å². The van der Waals surface area contributed by atoms with E-state index in [1.807, 2.05) is 6.07 Å². The number of hydrogen-bond acceptors (Lipinski definition) is 5. The van der Waals surface area contributed by atoms with Gasteiger partial charge in [0.25, 0.3) is 0 Å². The Balaban J connectivity index is 1.76. The molecule has 0 aliphatic carbocycles. The smallest absolute Gasteiger partial charge is 0.441 e. The lowest BCUT2D eigenvalue weighted by Gasteiger charge is -2.32. The lowest BCUT2D eigenvalue weighted by Crippen LogP contribution is -2.54. The number of rotatable bonds is 3. The topological polar surface area (TPSA) is 99.7 Å². The van der Waals surface area contributed by atoms with Gasteiger partial charge in [0.05, 0.1) is 6.61 Å². The molecular formula is C16H19N4O5+. The van der Waals surface area contributed by atoms with E-state index in [0.29, 0.717) is 38.5 Å². The fourth-order valence-corrected chi connectivity index (χ4v) is 2.67. The average molecular weight is 347 g/mol. The van der Waals surface area contributed by atoms with Gasteiger partial charge in [-0.15, -0.1) is 0 Å². The summed E-state index contributed by atoms with van der Waals surface area (Å²) in [7, 11) is 0. The van der Waals surface area contributed by atoms with Crippen molar-refractivity contribution in [2.75, 3.05) is 32.8 Å². The first-order valence-corrected chi connectivity index (χ1v) is 8.01. The molecule has 1 N–H and O–H groups in total. The second kappa shape index (κ2) is 7.20. The predicted molar refractivity (Wildman–Crippen MR) is 85.4 cm³/mol. The van der Waals surface area contributed by atoms with Gasteiger partial charge < -0.3 is 14.5 Å². The number of carbonyl (C=O) groups is 2. The molecule has 0 bridgehead atoms. The van der Waals surface area contributed by atoms with Gasteiger partial charge in [-0.3, -0.25) is 9.32 Å². The second-order valence-corrected chi connectivity index (χ2v) is 5.48. The van der Waals surface area contributed by atoms with Gasteiger partial charge in [-0.25, -0.2) is 9.59 Å². The number of H-pyrrole nitrogens is 1. The van der Waals surface area contributed by atoms with E-state index in [1.165, 1.54) is 14.5 Å². The molecule has 1 fully saturated rings. The first kappa shape index (κ1) is 16.7. The standard InChI is InChI=1S/C16H18N4O5/c1-2-24-16(23)19-10-8-18(9-11-19)14(21)13-15(22)25-17-20(13)12-6-4-3-5-7-12/h3-7H,2,8-11H2,1H3/p+1. The maximum atomic E-state index is 12.8. The van der Waals surface area contributed by atoms with Gasteiger partial charge in [-0.2, -0.15) is 0 Å². The van der Waals surface area contributed by atoms with Crippen LogP contribution < -0.4 is 10.3 Å². The fourth-order valence-electron chi connectivity index (χ4n) is 2.67. The number of amides is 2. The summed E-state index contributed by atoms with van der Waals surface area (Å²) in [5.41, 5.74) is -0.223. The summed E-state index contributed by atoms with van der Waals surface area (Å²) in [5, 5.41) is 2.45. The summed E-state index contributed by atoms with van der Waals surface area (Å²) in [6, 6.07) is 8.92. The average Bonchev–Trinajstić information content (AvgIpc) is 3.03. The largest absolute Gasteiger partial charge is 0.450 e. The third kappa shape index (κ3) is 3.39. The molecule has 2 heterocycles. The Bertz CT molecular complexity index is 805. The van der Waals surface area contributed by atoms with Gasteiger partial charge in [0, 0.05) is 38.3 Å². The van der Waals surface area contributed by atoms with Crippen LogP contribution in [0.5, 0.6) is 0 Å². The number of para-hydroxylation sites is 1. The first-order valence-electron chi connectivity index (χ1n) is 8.01. The highest BCUT2D eigenvalue weighted by atomic mass is 16.6. The summed E-state index contributed by atoms with van der Waals surface area (Å²) in [6.45, 7) is 3.39. The molecule has 3 rings (SSSR count). The Kier molecular flexibility index (Phi) is 4.82. The van der Waals surface area contributed by atoms with Crippen LogP contribution >= 0.6 is 0 Å². The van der Waals surface area contributed by atoms with Crippen molar-refractivity contribution in [3.8, 4) is 5.69 Å². The zero-order valence-electron chi connectivity index (χ0n) is 13.8. The van der Waals surface area contributed by atoms with Crippen LogP contribution in [0, 0.1) is 0 Å². The molecule has 1 aromatic heterocycles. The van der Waals surface area contributed by atoms with E-state index >= 15 is 0 Å². The van der Waals surface area contributed by atoms with Gasteiger partial charge in [-0.05, 0) is 16.9 Å². The number of aromatic amines is 1. The highest BCUT2D eigenvalue weighted by molar-refractivity contribution is 5.90. The van der Waals surface area contributed by atoms with Gasteiger partial charge in [0.15, 0.2) is 0 Å². The summed E-state index contributed by atoms with van der Waals surface area (Å²) in [5.74, 6) is -0.442. The Morgan fingerprint density at radius 2 is 1.80 bits per heavy atom. The lowest BCUT2D eigenvalue weighted by molar-refractivity contribution is -0.672. The Morgan fingerprint density at radius 1 is 1.16 bits per heavy atom. The number of carbonyl (C=O) groups excluding carboxylic acids is 2. The maximum absolute atomic E-state index is 12.8. The molecule has 0 spiro atoms. The Hall–Kier alpha value is -3.10. The van der Waals surface area contributed by atoms with E-state index in [2.05, 4.69) is 5.27 Å². The van der Waals surface area contributed by atoms with Gasteiger partial charge in [0.2, 0.25) is 5.69 Å². The molecule has 2 aromatic rings. The SMILES string of the molecule is CCOC(=O)N1CCN(C(=O)c2c(=O)o[nH][n+]2-c2ccccc2)CC1. The van der Waals surface area contributed by atoms with Crippen LogP contribution in [0.15, 0.2) is 39.6 Å². The molecular weight excluding hydrogens is 328 g/mol. The van der Waals surface area contributed by atoms with Crippen molar-refractivity contribution in [1.29, 1.82) is 0 Å². The molecule has 1 saturated heterocycles. The molecule has 9 heteroatoms. The van der Waals surface area contributed by atoms with E-state index < -0.39 is 17.6 Å². The van der Waals surface area contributed by atoms with Crippen molar-refractivity contribution in [3.05, 3.63) is 46.4 Å². The minimum atomic E-state index is -0.735. The van der Waals surface area contributed by atoms with E-state index in [4.69, 9.17) is 9.26 Å². The molecule has 1 aliphatic rings. The number of aromatic nitrogens is 2. The lowest BCUT2D eigenvalue weighted by atomic mass is 10.2. The first-order chi connectivity index (χ1) is 12.1. The molecule has 0 radical (unpaired) electrons. The highest BCUT2D eigenvalue weighted by Crippen LogP contribution is 2.07. The number of nitrogens with one attached hydrogen (secondary N) is 1. The van der Waals surface area contributed by atoms with Crippen molar-refractivity contribution >= 4 is 12.0 Å². The molecule has 9 nitrogen and oxygen atoms in total. The van der Waals surface area contributed by atoms with Crippen LogP contribution in [-0.2, 0) is 4.74 Å². The quantitative estimate of drug-likeness (QED) is 0.797. The van der Waals surface area contributed by atoms with Gasteiger partial charge >= 0.3 is 23.3 Å². The monoisotopic (exact) mass is 347 g/mol. The van der Waals surface area contributed by atoms with Crippen LogP contribution in [0.2, 0.25) is 0 Å². The number of ether oxygens (including phenoxy) is 1. The van der Waals surface area contributed by atoms with Crippen molar-refractivity contribution < 1.29 is 23.5 Å². The summed E-state index contributed by atoms with van der Waals surface area (Å²) < 4.78 is 11.1. The minimum Gasteiger partial charge on any atom is -0.450 e. The summed E-state index contributed by atoms with van der Waals surface area (Å²) in [6.07, 6.45) is -0.393. The third-order valence-electron chi connectivity index (χ3n) is 3.96. The Morgan fingerprint density at radius 3 is 2.44 bits per heavy atom. The minimum absolute atomic E-state index is 0.101. The summed E-state index contributed by atoms with van der Waals surface area (Å²) >= 11 is 0. The van der Waals surface area contributed by atoms with Crippen molar-refractivity contribution in [1.82, 2.24) is 15.1 Å². The van der Waals surface area contributed by atoms with Crippen LogP contribution in [0.25, 0.3) is 5.69 Å². The molecule has 25 heavy (non-hydrogen) atoms. The maximum Gasteiger partial charge on any atom is 0.441 e. The second-order valence-electron chi connectivity index (χ2n) is 5.48. The van der Waals surface area contributed by atoms with Crippen molar-refractivity contribution in [2.24, 2.45) is 0 Å². The molecule has 0 unspecified atom stereocenters. The van der Waals surface area contributed by atoms with E-state index in [0.717, 1.165) is 0 Å². The fraction of sp³-hybridized carbons (Fsp3) is 0.375. The van der Waals surface area contributed by atoms with E-state index in [-0.39, 0.29) is 5.69 Å². The zero-order chi connectivity index (χ0) is 17.8. The van der Waals surface area contributed by atoms with Crippen LogP contribution in [0.1, 0.15) is 17.4 Å². The highest BCUT2D eigenvalue weighted by Gasteiger charge is 2.36. The molecule has 1 aromatic carbocycles. The molecule has 0 saturated carbocycles. The van der Waals surface area contributed by atoms with Crippen molar-refractivity contribution in [2.45, 2.75) is 6.92 Å². The van der Waals surface area contributed by atoms with Gasteiger partial charge in [-0.1, -0.05) is 18.2 Å². The van der Waals surface area contributed by atoms with E-state index in [9.17, 15) is 14.4 Å². The number of benzene rings is 1. The number of hydrogen-bond donors (Lipinski definition) is 1. The van der Waals surface area contributed by atoms with Crippen LogP contribution in [0.3, 0.4) is 0 Å². The molecule has 2 amide bonds. The van der Waals surface area contributed by atoms with Crippen molar-refractivity contribution in [3.63, 3.8) is 0 Å². The van der Waals surface area contributed by atoms with E-state index in [1.54, 1.807) is 31.2 Å². The summed E-state index contributed by atoms with van der Waals surface area (Å²) in [4.78, 5) is 39.6. The van der Waals surface area contributed by atoms with Crippen LogP contribution in [0.4, 0.5) is 4.79 Å². The molecule has 132 valence electrons. The normalized spacial score (nSPS) is 14.4. The third-order valence-corrected chi connectivity index (χ3v) is 3.96. The molecule has 1 aliphatic heterocycles. The van der Waals surface area contributed by atoms with Gasteiger partial charge in [0.1, 0.15) is 0 Å². The zero-order valence-corrected chi connectivity index (χ0v) is 13.8. The number of nitrogens with zero attached hydrogens (tertiary/aromatic N) is 3. The predicted octanol–water partition coefficient (Wildman–Crippen LogP) is 0.159.